The van der Waals surface area contributed by atoms with Gasteiger partial charge in [0.1, 0.15) is 5.82 Å². The van der Waals surface area contributed by atoms with Gasteiger partial charge in [-0.2, -0.15) is 0 Å². The smallest absolute Gasteiger partial charge is 0.255 e. The number of benzene rings is 2. The fraction of sp³-hybridized carbons (Fsp3) is 0.364. The molecule has 1 saturated heterocycles. The molecule has 29 heavy (non-hydrogen) atoms. The van der Waals surface area contributed by atoms with E-state index in [9.17, 15) is 14.0 Å². The first-order valence-corrected chi connectivity index (χ1v) is 10.1. The number of anilines is 1. The van der Waals surface area contributed by atoms with E-state index in [0.29, 0.717) is 48.0 Å². The first-order valence-electron chi connectivity index (χ1n) is 9.71. The summed E-state index contributed by atoms with van der Waals surface area (Å²) in [4.78, 5) is 29.2. The minimum Gasteiger partial charge on any atom is -0.337 e. The Kier molecular flexibility index (Phi) is 6.87. The van der Waals surface area contributed by atoms with Crippen molar-refractivity contribution in [3.05, 3.63) is 64.4 Å². The van der Waals surface area contributed by atoms with Crippen LogP contribution in [-0.2, 0) is 4.79 Å². The summed E-state index contributed by atoms with van der Waals surface area (Å²) < 4.78 is 13.7. The van der Waals surface area contributed by atoms with Gasteiger partial charge in [0.15, 0.2) is 0 Å². The van der Waals surface area contributed by atoms with Gasteiger partial charge in [0.2, 0.25) is 5.91 Å². The molecule has 1 unspecified atom stereocenters. The summed E-state index contributed by atoms with van der Waals surface area (Å²) in [7, 11) is 0. The summed E-state index contributed by atoms with van der Waals surface area (Å²) in [6.45, 7) is 5.90. The maximum Gasteiger partial charge on any atom is 0.255 e. The third-order valence-electron chi connectivity index (χ3n) is 5.29. The quantitative estimate of drug-likeness (QED) is 0.819. The van der Waals surface area contributed by atoms with Crippen molar-refractivity contribution in [1.29, 1.82) is 0 Å². The van der Waals surface area contributed by atoms with Crippen LogP contribution < -0.4 is 5.32 Å². The molecule has 0 radical (unpaired) electrons. The van der Waals surface area contributed by atoms with E-state index in [4.69, 9.17) is 11.6 Å². The Morgan fingerprint density at radius 3 is 2.59 bits per heavy atom. The Hall–Kier alpha value is -2.44. The van der Waals surface area contributed by atoms with E-state index >= 15 is 0 Å². The van der Waals surface area contributed by atoms with Gasteiger partial charge in [0, 0.05) is 31.9 Å². The van der Waals surface area contributed by atoms with Gasteiger partial charge >= 0.3 is 0 Å². The molecule has 2 aromatic rings. The van der Waals surface area contributed by atoms with Crippen LogP contribution in [0.4, 0.5) is 10.1 Å². The molecule has 2 amide bonds. The van der Waals surface area contributed by atoms with Gasteiger partial charge in [-0.1, -0.05) is 29.8 Å². The molecule has 1 fully saturated rings. The third-order valence-corrected chi connectivity index (χ3v) is 5.62. The van der Waals surface area contributed by atoms with Crippen LogP contribution in [0.3, 0.4) is 0 Å². The first kappa shape index (κ1) is 21.3. The molecular weight excluding hydrogens is 393 g/mol. The van der Waals surface area contributed by atoms with E-state index in [1.807, 2.05) is 11.8 Å². The average Bonchev–Trinajstić information content (AvgIpc) is 2.96. The number of hydrogen-bond acceptors (Lipinski definition) is 3. The highest BCUT2D eigenvalue weighted by Gasteiger charge is 2.26. The number of carbonyl (C=O) groups excluding carboxylic acids is 2. The zero-order chi connectivity index (χ0) is 21.0. The van der Waals surface area contributed by atoms with E-state index in [0.717, 1.165) is 6.42 Å². The molecule has 0 bridgehead atoms. The van der Waals surface area contributed by atoms with E-state index in [1.54, 1.807) is 48.2 Å². The zero-order valence-electron chi connectivity index (χ0n) is 16.6. The molecule has 0 aromatic heterocycles. The SMILES string of the molecule is Cc1ccc(NC(=O)C(C)N2CCCN(C(=O)c3ccccc3Cl)CC2)cc1F. The molecule has 1 aliphatic heterocycles. The summed E-state index contributed by atoms with van der Waals surface area (Å²) >= 11 is 6.16. The second kappa shape index (κ2) is 9.37. The van der Waals surface area contributed by atoms with E-state index in [-0.39, 0.29) is 17.6 Å². The lowest BCUT2D eigenvalue weighted by Gasteiger charge is -2.27. The van der Waals surface area contributed by atoms with Crippen LogP contribution in [-0.4, -0.2) is 53.8 Å². The molecule has 1 atom stereocenters. The van der Waals surface area contributed by atoms with Crippen molar-refractivity contribution < 1.29 is 14.0 Å². The Balaban J connectivity index is 1.60. The lowest BCUT2D eigenvalue weighted by molar-refractivity contribution is -0.120. The van der Waals surface area contributed by atoms with Crippen molar-refractivity contribution in [2.75, 3.05) is 31.5 Å². The van der Waals surface area contributed by atoms with Crippen LogP contribution in [0.1, 0.15) is 29.3 Å². The van der Waals surface area contributed by atoms with Crippen molar-refractivity contribution in [3.8, 4) is 0 Å². The topological polar surface area (TPSA) is 52.7 Å². The van der Waals surface area contributed by atoms with Crippen molar-refractivity contribution in [2.45, 2.75) is 26.3 Å². The second-order valence-corrected chi connectivity index (χ2v) is 7.70. The zero-order valence-corrected chi connectivity index (χ0v) is 17.4. The second-order valence-electron chi connectivity index (χ2n) is 7.29. The fourth-order valence-electron chi connectivity index (χ4n) is 3.42. The van der Waals surface area contributed by atoms with Gasteiger partial charge in [-0.3, -0.25) is 14.5 Å². The Morgan fingerprint density at radius 2 is 1.86 bits per heavy atom. The number of nitrogens with zero attached hydrogens (tertiary/aromatic N) is 2. The maximum absolute atomic E-state index is 13.7. The highest BCUT2D eigenvalue weighted by atomic mass is 35.5. The number of halogens is 2. The van der Waals surface area contributed by atoms with Crippen molar-refractivity contribution in [2.24, 2.45) is 0 Å². The molecule has 0 saturated carbocycles. The minimum absolute atomic E-state index is 0.0929. The largest absolute Gasteiger partial charge is 0.337 e. The van der Waals surface area contributed by atoms with Gasteiger partial charge in [0.05, 0.1) is 16.6 Å². The number of rotatable bonds is 4. The monoisotopic (exact) mass is 417 g/mol. The fourth-order valence-corrected chi connectivity index (χ4v) is 3.63. The third kappa shape index (κ3) is 5.14. The predicted molar refractivity (Wildman–Crippen MR) is 113 cm³/mol. The standard InChI is InChI=1S/C22H25ClFN3O2/c1-15-8-9-17(14-20(15)24)25-21(28)16(2)26-10-5-11-27(13-12-26)22(29)18-6-3-4-7-19(18)23/h3-4,6-9,14,16H,5,10-13H2,1-2H3,(H,25,28). The molecule has 7 heteroatoms. The Morgan fingerprint density at radius 1 is 1.10 bits per heavy atom. The van der Waals surface area contributed by atoms with Crippen LogP contribution in [0, 0.1) is 12.7 Å². The minimum atomic E-state index is -0.394. The maximum atomic E-state index is 13.7. The number of carbonyl (C=O) groups is 2. The first-order chi connectivity index (χ1) is 13.9. The van der Waals surface area contributed by atoms with Gasteiger partial charge in [-0.05, 0) is 50.1 Å². The number of nitrogens with one attached hydrogen (secondary N) is 1. The van der Waals surface area contributed by atoms with E-state index in [1.165, 1.54) is 6.07 Å². The molecule has 3 rings (SSSR count). The summed E-state index contributed by atoms with van der Waals surface area (Å²) in [6, 6.07) is 11.3. The van der Waals surface area contributed by atoms with Crippen LogP contribution in [0.5, 0.6) is 0 Å². The Labute approximate surface area is 175 Å². The molecule has 154 valence electrons. The van der Waals surface area contributed by atoms with E-state index < -0.39 is 6.04 Å². The molecule has 1 aliphatic rings. The lowest BCUT2D eigenvalue weighted by Crippen LogP contribution is -2.44. The van der Waals surface area contributed by atoms with Gasteiger partial charge in [-0.15, -0.1) is 0 Å². The molecule has 0 aliphatic carbocycles. The molecule has 1 heterocycles. The van der Waals surface area contributed by atoms with Crippen molar-refractivity contribution in [3.63, 3.8) is 0 Å². The molecule has 0 spiro atoms. The summed E-state index contributed by atoms with van der Waals surface area (Å²) in [5.41, 5.74) is 1.47. The molecule has 5 nitrogen and oxygen atoms in total. The summed E-state index contributed by atoms with van der Waals surface area (Å²) in [6.07, 6.45) is 0.757. The average molecular weight is 418 g/mol. The van der Waals surface area contributed by atoms with Gasteiger partial charge < -0.3 is 10.2 Å². The summed E-state index contributed by atoms with van der Waals surface area (Å²) in [5.74, 6) is -0.636. The highest BCUT2D eigenvalue weighted by Crippen LogP contribution is 2.19. The lowest BCUT2D eigenvalue weighted by atomic mass is 10.2. The number of amides is 2. The molecule has 1 N–H and O–H groups in total. The van der Waals surface area contributed by atoms with Gasteiger partial charge in [0.25, 0.3) is 5.91 Å². The normalized spacial score (nSPS) is 16.2. The Bertz CT molecular complexity index is 905. The van der Waals surface area contributed by atoms with Crippen molar-refractivity contribution >= 4 is 29.1 Å². The van der Waals surface area contributed by atoms with E-state index in [2.05, 4.69) is 5.32 Å². The number of hydrogen-bond donors (Lipinski definition) is 1. The highest BCUT2D eigenvalue weighted by molar-refractivity contribution is 6.33. The molecule has 2 aromatic carbocycles. The predicted octanol–water partition coefficient (Wildman–Crippen LogP) is 3.96. The number of aryl methyl sites for hydroxylation is 1. The van der Waals surface area contributed by atoms with Crippen LogP contribution in [0.2, 0.25) is 5.02 Å². The summed E-state index contributed by atoms with van der Waals surface area (Å²) in [5, 5.41) is 3.22. The van der Waals surface area contributed by atoms with Crippen LogP contribution >= 0.6 is 11.6 Å². The van der Waals surface area contributed by atoms with Crippen LogP contribution in [0.25, 0.3) is 0 Å². The van der Waals surface area contributed by atoms with Crippen LogP contribution in [0.15, 0.2) is 42.5 Å². The van der Waals surface area contributed by atoms with Gasteiger partial charge in [-0.25, -0.2) is 4.39 Å². The molecular formula is C22H25ClFN3O2. The van der Waals surface area contributed by atoms with Crippen molar-refractivity contribution in [1.82, 2.24) is 9.80 Å².